The summed E-state index contributed by atoms with van der Waals surface area (Å²) >= 11 is 0. The van der Waals surface area contributed by atoms with Crippen molar-refractivity contribution < 1.29 is 4.39 Å². The normalized spacial score (nSPS) is 11.9. The van der Waals surface area contributed by atoms with Crippen molar-refractivity contribution in [2.24, 2.45) is 0 Å². The van der Waals surface area contributed by atoms with Crippen LogP contribution in [0.15, 0.2) is 66.7 Å². The predicted octanol–water partition coefficient (Wildman–Crippen LogP) is 5.01. The van der Waals surface area contributed by atoms with Crippen molar-refractivity contribution in [3.8, 4) is 11.1 Å². The van der Waals surface area contributed by atoms with E-state index in [0.29, 0.717) is 12.1 Å². The van der Waals surface area contributed by atoms with Gasteiger partial charge in [0.25, 0.3) is 0 Å². The Balaban J connectivity index is 1.56. The molecule has 3 aromatic rings. The molecule has 0 heterocycles. The number of anilines is 1. The Labute approximate surface area is 129 Å². The molecule has 1 aliphatic carbocycles. The average molecular weight is 289 g/mol. The molecule has 22 heavy (non-hydrogen) atoms. The van der Waals surface area contributed by atoms with Crippen molar-refractivity contribution >= 4 is 5.69 Å². The summed E-state index contributed by atoms with van der Waals surface area (Å²) < 4.78 is 13.7. The van der Waals surface area contributed by atoms with E-state index in [-0.39, 0.29) is 5.82 Å². The summed E-state index contributed by atoms with van der Waals surface area (Å²) in [6, 6.07) is 21.8. The summed E-state index contributed by atoms with van der Waals surface area (Å²) in [6.45, 7) is 0.498. The molecule has 108 valence electrons. The van der Waals surface area contributed by atoms with Gasteiger partial charge in [0, 0.05) is 17.8 Å². The molecule has 4 rings (SSSR count). The second kappa shape index (κ2) is 5.30. The Morgan fingerprint density at radius 3 is 2.50 bits per heavy atom. The topological polar surface area (TPSA) is 12.0 Å². The maximum absolute atomic E-state index is 13.7. The molecule has 0 amide bonds. The van der Waals surface area contributed by atoms with Crippen molar-refractivity contribution in [2.45, 2.75) is 13.0 Å². The molecule has 2 heteroatoms. The minimum absolute atomic E-state index is 0.163. The molecule has 0 aliphatic heterocycles. The lowest BCUT2D eigenvalue weighted by Gasteiger charge is -2.09. The molecule has 0 saturated carbocycles. The Morgan fingerprint density at radius 2 is 1.59 bits per heavy atom. The van der Waals surface area contributed by atoms with Crippen LogP contribution < -0.4 is 5.32 Å². The van der Waals surface area contributed by atoms with E-state index < -0.39 is 0 Å². The maximum Gasteiger partial charge on any atom is 0.128 e. The smallest absolute Gasteiger partial charge is 0.128 e. The summed E-state index contributed by atoms with van der Waals surface area (Å²) in [7, 11) is 0. The average Bonchev–Trinajstić information content (AvgIpc) is 2.92. The van der Waals surface area contributed by atoms with Crippen LogP contribution in [0.2, 0.25) is 0 Å². The zero-order valence-corrected chi connectivity index (χ0v) is 12.1. The molecule has 0 unspecified atom stereocenters. The third-order valence-corrected chi connectivity index (χ3v) is 4.23. The lowest BCUT2D eigenvalue weighted by molar-refractivity contribution is 0.613. The molecule has 3 aromatic carbocycles. The monoisotopic (exact) mass is 289 g/mol. The van der Waals surface area contributed by atoms with E-state index in [9.17, 15) is 4.39 Å². The van der Waals surface area contributed by atoms with Gasteiger partial charge in [-0.25, -0.2) is 4.39 Å². The molecular weight excluding hydrogens is 273 g/mol. The number of fused-ring (bicyclic) bond motifs is 3. The lowest BCUT2D eigenvalue weighted by atomic mass is 10.1. The van der Waals surface area contributed by atoms with Crippen LogP contribution in [0, 0.1) is 5.82 Å². The number of rotatable bonds is 3. The van der Waals surface area contributed by atoms with Crippen molar-refractivity contribution in [2.75, 3.05) is 5.32 Å². The van der Waals surface area contributed by atoms with Crippen LogP contribution in [0.1, 0.15) is 16.7 Å². The van der Waals surface area contributed by atoms with Crippen molar-refractivity contribution in [1.82, 2.24) is 0 Å². The van der Waals surface area contributed by atoms with Gasteiger partial charge in [0.15, 0.2) is 0 Å². The molecular formula is C20H16FN. The van der Waals surface area contributed by atoms with Gasteiger partial charge in [0.05, 0.1) is 0 Å². The first-order valence-corrected chi connectivity index (χ1v) is 7.50. The molecule has 0 spiro atoms. The highest BCUT2D eigenvalue weighted by Gasteiger charge is 2.17. The lowest BCUT2D eigenvalue weighted by Crippen LogP contribution is -2.01. The van der Waals surface area contributed by atoms with Crippen LogP contribution in [-0.2, 0) is 13.0 Å². The van der Waals surface area contributed by atoms with Crippen LogP contribution >= 0.6 is 0 Å². The van der Waals surface area contributed by atoms with Gasteiger partial charge < -0.3 is 5.32 Å². The minimum Gasteiger partial charge on any atom is -0.381 e. The predicted molar refractivity (Wildman–Crippen MR) is 88.4 cm³/mol. The van der Waals surface area contributed by atoms with Gasteiger partial charge in [-0.3, -0.25) is 0 Å². The highest BCUT2D eigenvalue weighted by molar-refractivity contribution is 5.78. The van der Waals surface area contributed by atoms with E-state index in [2.05, 4.69) is 47.8 Å². The number of halogens is 1. The van der Waals surface area contributed by atoms with Crippen molar-refractivity contribution in [1.29, 1.82) is 0 Å². The number of hydrogen-bond acceptors (Lipinski definition) is 1. The van der Waals surface area contributed by atoms with Crippen LogP contribution in [0.5, 0.6) is 0 Å². The van der Waals surface area contributed by atoms with Crippen molar-refractivity contribution in [3.05, 3.63) is 89.2 Å². The summed E-state index contributed by atoms with van der Waals surface area (Å²) in [4.78, 5) is 0. The van der Waals surface area contributed by atoms with Crippen molar-refractivity contribution in [3.63, 3.8) is 0 Å². The Kier molecular flexibility index (Phi) is 3.15. The number of nitrogens with one attached hydrogen (secondary N) is 1. The highest BCUT2D eigenvalue weighted by Crippen LogP contribution is 2.37. The molecule has 0 aromatic heterocycles. The largest absolute Gasteiger partial charge is 0.381 e. The highest BCUT2D eigenvalue weighted by atomic mass is 19.1. The Hall–Kier alpha value is -2.61. The molecule has 1 aliphatic rings. The molecule has 1 N–H and O–H groups in total. The Bertz CT molecular complexity index is 839. The first kappa shape index (κ1) is 13.1. The van der Waals surface area contributed by atoms with Crippen LogP contribution in [0.25, 0.3) is 11.1 Å². The van der Waals surface area contributed by atoms with E-state index in [1.165, 1.54) is 28.3 Å². The van der Waals surface area contributed by atoms with E-state index in [1.807, 2.05) is 12.1 Å². The zero-order chi connectivity index (χ0) is 14.9. The fourth-order valence-corrected chi connectivity index (χ4v) is 3.09. The zero-order valence-electron chi connectivity index (χ0n) is 12.1. The van der Waals surface area contributed by atoms with Gasteiger partial charge >= 0.3 is 0 Å². The van der Waals surface area contributed by atoms with Crippen LogP contribution in [0.4, 0.5) is 10.1 Å². The van der Waals surface area contributed by atoms with Gasteiger partial charge in [-0.1, -0.05) is 48.5 Å². The third-order valence-electron chi connectivity index (χ3n) is 4.23. The van der Waals surface area contributed by atoms with Gasteiger partial charge in [0.2, 0.25) is 0 Å². The maximum atomic E-state index is 13.7. The molecule has 0 saturated heterocycles. The van der Waals surface area contributed by atoms with E-state index in [0.717, 1.165) is 12.1 Å². The fraction of sp³-hybridized carbons (Fsp3) is 0.100. The molecule has 0 fully saturated rings. The van der Waals surface area contributed by atoms with Gasteiger partial charge in [-0.15, -0.1) is 0 Å². The van der Waals surface area contributed by atoms with Gasteiger partial charge in [-0.05, 0) is 46.9 Å². The van der Waals surface area contributed by atoms with Gasteiger partial charge in [0.1, 0.15) is 5.82 Å². The van der Waals surface area contributed by atoms with E-state index >= 15 is 0 Å². The van der Waals surface area contributed by atoms with Crippen LogP contribution in [-0.4, -0.2) is 0 Å². The summed E-state index contributed by atoms with van der Waals surface area (Å²) in [5.41, 5.74) is 7.08. The minimum atomic E-state index is -0.163. The molecule has 0 bridgehead atoms. The summed E-state index contributed by atoms with van der Waals surface area (Å²) in [5, 5.41) is 3.32. The Morgan fingerprint density at radius 1 is 0.818 bits per heavy atom. The second-order valence-corrected chi connectivity index (χ2v) is 5.65. The van der Waals surface area contributed by atoms with Crippen LogP contribution in [0.3, 0.4) is 0 Å². The SMILES string of the molecule is Fc1ccccc1CNc1ccc2c(c1)Cc1ccccc1-2. The van der Waals surface area contributed by atoms with E-state index in [4.69, 9.17) is 0 Å². The van der Waals surface area contributed by atoms with Gasteiger partial charge in [-0.2, -0.15) is 0 Å². The first-order valence-electron chi connectivity index (χ1n) is 7.50. The summed E-state index contributed by atoms with van der Waals surface area (Å²) in [6.07, 6.45) is 0.973. The van der Waals surface area contributed by atoms with E-state index in [1.54, 1.807) is 6.07 Å². The quantitative estimate of drug-likeness (QED) is 0.559. The summed E-state index contributed by atoms with van der Waals surface area (Å²) in [5.74, 6) is -0.163. The third kappa shape index (κ3) is 2.27. The number of hydrogen-bond donors (Lipinski definition) is 1. The molecule has 1 nitrogen and oxygen atoms in total. The number of benzene rings is 3. The molecule has 0 radical (unpaired) electrons. The fourth-order valence-electron chi connectivity index (χ4n) is 3.09. The second-order valence-electron chi connectivity index (χ2n) is 5.65. The standard InChI is InChI=1S/C20H16FN/c21-20-8-4-2-6-15(20)13-22-17-9-10-19-16(12-17)11-14-5-1-3-7-18(14)19/h1-10,12,22H,11,13H2. The molecule has 0 atom stereocenters. The first-order chi connectivity index (χ1) is 10.8.